The minimum atomic E-state index is -0.271. The molecule has 0 spiro atoms. The predicted molar refractivity (Wildman–Crippen MR) is 103 cm³/mol. The zero-order chi connectivity index (χ0) is 19.2. The van der Waals surface area contributed by atoms with Gasteiger partial charge in [-0.25, -0.2) is 4.79 Å². The summed E-state index contributed by atoms with van der Waals surface area (Å²) in [5, 5.41) is 14.9. The smallest absolute Gasteiger partial charge is 0.319 e. The molecule has 0 radical (unpaired) electrons. The van der Waals surface area contributed by atoms with Crippen molar-refractivity contribution >= 4 is 23.3 Å². The Morgan fingerprint density at radius 3 is 3.07 bits per heavy atom. The summed E-state index contributed by atoms with van der Waals surface area (Å²) in [4.78, 5) is 27.7. The highest BCUT2D eigenvalue weighted by Gasteiger charge is 2.22. The van der Waals surface area contributed by atoms with Crippen molar-refractivity contribution in [2.24, 2.45) is 5.92 Å². The van der Waals surface area contributed by atoms with Gasteiger partial charge >= 0.3 is 6.03 Å². The average Bonchev–Trinajstić information content (AvgIpc) is 2.68. The molecular formula is C19H28N4O4. The summed E-state index contributed by atoms with van der Waals surface area (Å²) in [6.07, 6.45) is 3.08. The zero-order valence-corrected chi connectivity index (χ0v) is 15.7. The number of ether oxygens (including phenoxy) is 1. The number of nitrogens with zero attached hydrogens (tertiary/aromatic N) is 2. The van der Waals surface area contributed by atoms with Crippen molar-refractivity contribution in [2.75, 3.05) is 56.7 Å². The van der Waals surface area contributed by atoms with E-state index in [9.17, 15) is 14.7 Å². The van der Waals surface area contributed by atoms with Crippen LogP contribution in [0.25, 0.3) is 0 Å². The number of rotatable bonds is 6. The number of urea groups is 1. The molecule has 1 saturated heterocycles. The number of anilines is 2. The molecule has 8 heteroatoms. The minimum absolute atomic E-state index is 0.0346. The van der Waals surface area contributed by atoms with Gasteiger partial charge < -0.3 is 30.3 Å². The van der Waals surface area contributed by atoms with Gasteiger partial charge in [-0.05, 0) is 56.5 Å². The number of nitrogens with one attached hydrogen (secondary N) is 2. The third-order valence-electron chi connectivity index (χ3n) is 5.10. The van der Waals surface area contributed by atoms with Crippen molar-refractivity contribution in [3.63, 3.8) is 0 Å². The summed E-state index contributed by atoms with van der Waals surface area (Å²) in [7, 11) is 1.69. The second kappa shape index (κ2) is 9.05. The van der Waals surface area contributed by atoms with E-state index in [1.165, 1.54) is 4.90 Å². The fourth-order valence-electron chi connectivity index (χ4n) is 3.53. The van der Waals surface area contributed by atoms with Gasteiger partial charge in [0.2, 0.25) is 0 Å². The van der Waals surface area contributed by atoms with Gasteiger partial charge in [-0.15, -0.1) is 0 Å². The number of likely N-dealkylation sites (tertiary alicyclic amines) is 1. The van der Waals surface area contributed by atoms with Gasteiger partial charge in [-0.2, -0.15) is 0 Å². The fourth-order valence-corrected chi connectivity index (χ4v) is 3.53. The monoisotopic (exact) mass is 376 g/mol. The molecule has 1 fully saturated rings. The molecule has 148 valence electrons. The van der Waals surface area contributed by atoms with E-state index >= 15 is 0 Å². The van der Waals surface area contributed by atoms with Gasteiger partial charge in [-0.1, -0.05) is 0 Å². The summed E-state index contributed by atoms with van der Waals surface area (Å²) in [5.74, 6) is 0.893. The summed E-state index contributed by atoms with van der Waals surface area (Å²) in [5.41, 5.74) is 1.26. The topological polar surface area (TPSA) is 94.1 Å². The standard InChI is InChI=1S/C19H28N4O4/c1-22-16-10-15(5-6-17(16)27-13-18(22)25)21-19(26)20-7-3-9-23-8-2-4-14(11-23)12-24/h5-6,10,14,24H,2-4,7-9,11-13H2,1H3,(H2,20,21,26). The normalized spacial score (nSPS) is 20.0. The first-order valence-corrected chi connectivity index (χ1v) is 9.48. The van der Waals surface area contributed by atoms with Crippen LogP contribution >= 0.6 is 0 Å². The Labute approximate surface area is 159 Å². The lowest BCUT2D eigenvalue weighted by atomic mass is 9.99. The molecule has 0 saturated carbocycles. The van der Waals surface area contributed by atoms with Crippen molar-refractivity contribution in [3.8, 4) is 5.75 Å². The maximum Gasteiger partial charge on any atom is 0.319 e. The maximum atomic E-state index is 12.1. The molecule has 2 aliphatic heterocycles. The summed E-state index contributed by atoms with van der Waals surface area (Å²) >= 11 is 0. The van der Waals surface area contributed by atoms with Gasteiger partial charge in [0.05, 0.1) is 5.69 Å². The average molecular weight is 376 g/mol. The van der Waals surface area contributed by atoms with Gasteiger partial charge in [0.15, 0.2) is 6.61 Å². The molecular weight excluding hydrogens is 348 g/mol. The number of hydrogen-bond donors (Lipinski definition) is 3. The highest BCUT2D eigenvalue weighted by molar-refractivity contribution is 5.99. The number of amides is 3. The first-order chi connectivity index (χ1) is 13.1. The van der Waals surface area contributed by atoms with Crippen molar-refractivity contribution in [1.29, 1.82) is 0 Å². The second-order valence-electron chi connectivity index (χ2n) is 7.15. The lowest BCUT2D eigenvalue weighted by Crippen LogP contribution is -2.39. The van der Waals surface area contributed by atoms with E-state index < -0.39 is 0 Å². The van der Waals surface area contributed by atoms with Gasteiger partial charge in [-0.3, -0.25) is 4.79 Å². The van der Waals surface area contributed by atoms with E-state index in [4.69, 9.17) is 4.74 Å². The van der Waals surface area contributed by atoms with Crippen molar-refractivity contribution in [1.82, 2.24) is 10.2 Å². The van der Waals surface area contributed by atoms with Crippen LogP contribution in [0.15, 0.2) is 18.2 Å². The van der Waals surface area contributed by atoms with E-state index in [1.54, 1.807) is 25.2 Å². The Morgan fingerprint density at radius 1 is 1.41 bits per heavy atom. The molecule has 0 aliphatic carbocycles. The number of carbonyl (C=O) groups is 2. The number of carbonyl (C=O) groups excluding carboxylic acids is 2. The summed E-state index contributed by atoms with van der Waals surface area (Å²) < 4.78 is 5.38. The van der Waals surface area contributed by atoms with E-state index in [0.717, 1.165) is 38.9 Å². The molecule has 3 rings (SSSR count). The Balaban J connectivity index is 1.41. The Hall–Kier alpha value is -2.32. The van der Waals surface area contributed by atoms with Crippen LogP contribution in [0.3, 0.4) is 0 Å². The van der Waals surface area contributed by atoms with Gasteiger partial charge in [0, 0.05) is 32.4 Å². The van der Waals surface area contributed by atoms with Crippen LogP contribution in [0, 0.1) is 5.92 Å². The lowest BCUT2D eigenvalue weighted by molar-refractivity contribution is -0.120. The molecule has 1 unspecified atom stereocenters. The van der Waals surface area contributed by atoms with E-state index in [-0.39, 0.29) is 25.2 Å². The van der Waals surface area contributed by atoms with Crippen LogP contribution in [0.5, 0.6) is 5.75 Å². The van der Waals surface area contributed by atoms with Crippen molar-refractivity contribution < 1.29 is 19.4 Å². The van der Waals surface area contributed by atoms with Crippen LogP contribution in [0.4, 0.5) is 16.2 Å². The number of piperidine rings is 1. The molecule has 2 aliphatic rings. The highest BCUT2D eigenvalue weighted by Crippen LogP contribution is 2.33. The second-order valence-corrected chi connectivity index (χ2v) is 7.15. The molecule has 3 N–H and O–H groups in total. The first-order valence-electron chi connectivity index (χ1n) is 9.48. The fraction of sp³-hybridized carbons (Fsp3) is 0.579. The SMILES string of the molecule is CN1C(=O)COc2ccc(NC(=O)NCCCN3CCCC(CO)C3)cc21. The third kappa shape index (κ3) is 5.11. The quantitative estimate of drug-likeness (QED) is 0.650. The minimum Gasteiger partial charge on any atom is -0.482 e. The molecule has 1 aromatic rings. The Bertz CT molecular complexity index is 682. The van der Waals surface area contributed by atoms with Crippen molar-refractivity contribution in [2.45, 2.75) is 19.3 Å². The number of benzene rings is 1. The number of aliphatic hydroxyl groups excluding tert-OH is 1. The van der Waals surface area contributed by atoms with Gasteiger partial charge in [0.1, 0.15) is 5.75 Å². The number of likely N-dealkylation sites (N-methyl/N-ethyl adjacent to an activating group) is 1. The van der Waals surface area contributed by atoms with E-state index in [0.29, 0.717) is 29.6 Å². The zero-order valence-electron chi connectivity index (χ0n) is 15.7. The molecule has 0 bridgehead atoms. The molecule has 0 aromatic heterocycles. The molecule has 3 amide bonds. The van der Waals surface area contributed by atoms with Crippen LogP contribution in [-0.2, 0) is 4.79 Å². The van der Waals surface area contributed by atoms with E-state index in [2.05, 4.69) is 15.5 Å². The van der Waals surface area contributed by atoms with Gasteiger partial charge in [0.25, 0.3) is 5.91 Å². The molecule has 27 heavy (non-hydrogen) atoms. The third-order valence-corrected chi connectivity index (χ3v) is 5.10. The predicted octanol–water partition coefficient (Wildman–Crippen LogP) is 1.26. The lowest BCUT2D eigenvalue weighted by Gasteiger charge is -2.31. The molecule has 1 atom stereocenters. The molecule has 8 nitrogen and oxygen atoms in total. The Morgan fingerprint density at radius 2 is 2.26 bits per heavy atom. The largest absolute Gasteiger partial charge is 0.482 e. The number of fused-ring (bicyclic) bond motifs is 1. The van der Waals surface area contributed by atoms with Crippen LogP contribution in [0.1, 0.15) is 19.3 Å². The van der Waals surface area contributed by atoms with Crippen molar-refractivity contribution in [3.05, 3.63) is 18.2 Å². The Kier molecular flexibility index (Phi) is 6.52. The number of aliphatic hydroxyl groups is 1. The summed E-state index contributed by atoms with van der Waals surface area (Å²) in [6, 6.07) is 4.97. The highest BCUT2D eigenvalue weighted by atomic mass is 16.5. The van der Waals surface area contributed by atoms with Crippen LogP contribution in [-0.4, -0.2) is 68.4 Å². The first kappa shape index (κ1) is 19.4. The van der Waals surface area contributed by atoms with Crippen LogP contribution < -0.4 is 20.3 Å². The number of hydrogen-bond acceptors (Lipinski definition) is 5. The van der Waals surface area contributed by atoms with Crippen LogP contribution in [0.2, 0.25) is 0 Å². The maximum absolute atomic E-state index is 12.1. The summed E-state index contributed by atoms with van der Waals surface area (Å²) in [6.45, 7) is 3.79. The molecule has 2 heterocycles. The van der Waals surface area contributed by atoms with E-state index in [1.807, 2.05) is 0 Å². The molecule has 1 aromatic carbocycles.